The van der Waals surface area contributed by atoms with Gasteiger partial charge in [-0.25, -0.2) is 0 Å². The number of hydrogen-bond acceptors (Lipinski definition) is 6. The standard InChI is InChI=1S/C22H20N2O2S2/c1-13-6-8-16(9-7-13)18(26)12-28-22-17(11-23)21(19-5-4-10-27-19)20(15(3)25)14(2)24-22/h4-10,21,24H,12H2,1-3H3/t21-/m1/s1. The van der Waals surface area contributed by atoms with Crippen molar-refractivity contribution in [1.29, 1.82) is 5.26 Å². The minimum absolute atomic E-state index is 0.00302. The van der Waals surface area contributed by atoms with E-state index in [2.05, 4.69) is 11.4 Å². The van der Waals surface area contributed by atoms with Crippen LogP contribution in [0.2, 0.25) is 0 Å². The van der Waals surface area contributed by atoms with E-state index in [1.54, 1.807) is 0 Å². The molecule has 0 aliphatic carbocycles. The number of dihydropyridines is 1. The van der Waals surface area contributed by atoms with Crippen LogP contribution < -0.4 is 5.32 Å². The fourth-order valence-electron chi connectivity index (χ4n) is 3.19. The van der Waals surface area contributed by atoms with Gasteiger partial charge in [-0.3, -0.25) is 9.59 Å². The van der Waals surface area contributed by atoms with Crippen molar-refractivity contribution in [3.05, 3.63) is 79.7 Å². The molecule has 1 N–H and O–H groups in total. The van der Waals surface area contributed by atoms with E-state index in [9.17, 15) is 14.9 Å². The summed E-state index contributed by atoms with van der Waals surface area (Å²) < 4.78 is 0. The molecule has 1 aromatic heterocycles. The Morgan fingerprint density at radius 1 is 1.21 bits per heavy atom. The number of allylic oxidation sites excluding steroid dienone is 3. The molecule has 0 spiro atoms. The number of Topliss-reactive ketones (excluding diaryl/α,β-unsaturated/α-hetero) is 2. The van der Waals surface area contributed by atoms with Crippen molar-refractivity contribution < 1.29 is 9.59 Å². The highest BCUT2D eigenvalue weighted by Crippen LogP contribution is 2.42. The zero-order chi connectivity index (χ0) is 20.3. The van der Waals surface area contributed by atoms with Gasteiger partial charge in [0, 0.05) is 21.7 Å². The molecular formula is C22H20N2O2S2. The number of carbonyl (C=O) groups excluding carboxylic acids is 2. The maximum absolute atomic E-state index is 12.5. The summed E-state index contributed by atoms with van der Waals surface area (Å²) >= 11 is 2.83. The molecule has 142 valence electrons. The van der Waals surface area contributed by atoms with Crippen molar-refractivity contribution in [2.75, 3.05) is 5.75 Å². The second-order valence-electron chi connectivity index (χ2n) is 6.60. The van der Waals surface area contributed by atoms with Crippen molar-refractivity contribution in [3.8, 4) is 6.07 Å². The summed E-state index contributed by atoms with van der Waals surface area (Å²) in [6, 6.07) is 13.6. The van der Waals surface area contributed by atoms with E-state index in [1.807, 2.05) is 55.6 Å². The van der Waals surface area contributed by atoms with Crippen molar-refractivity contribution in [3.63, 3.8) is 0 Å². The first-order valence-corrected chi connectivity index (χ1v) is 10.7. The summed E-state index contributed by atoms with van der Waals surface area (Å²) in [6.45, 7) is 5.34. The fourth-order valence-corrected chi connectivity index (χ4v) is 5.02. The number of nitrogens with zero attached hydrogens (tertiary/aromatic N) is 1. The minimum Gasteiger partial charge on any atom is -0.353 e. The smallest absolute Gasteiger partial charge is 0.173 e. The van der Waals surface area contributed by atoms with E-state index >= 15 is 0 Å². The lowest BCUT2D eigenvalue weighted by atomic mass is 9.85. The maximum atomic E-state index is 12.5. The maximum Gasteiger partial charge on any atom is 0.173 e. The highest BCUT2D eigenvalue weighted by Gasteiger charge is 2.33. The monoisotopic (exact) mass is 408 g/mol. The average Bonchev–Trinajstić information content (AvgIpc) is 3.20. The number of thiophene rings is 1. The third kappa shape index (κ3) is 4.11. The van der Waals surface area contributed by atoms with E-state index in [1.165, 1.54) is 30.0 Å². The van der Waals surface area contributed by atoms with E-state index in [0.29, 0.717) is 21.7 Å². The molecular weight excluding hydrogens is 388 g/mol. The molecule has 0 saturated carbocycles. The first-order chi connectivity index (χ1) is 13.4. The molecule has 2 aromatic rings. The lowest BCUT2D eigenvalue weighted by molar-refractivity contribution is -0.113. The van der Waals surface area contributed by atoms with Crippen LogP contribution in [-0.2, 0) is 4.79 Å². The number of nitriles is 1. The number of hydrogen-bond donors (Lipinski definition) is 1. The molecule has 0 saturated heterocycles. The quantitative estimate of drug-likeness (QED) is 0.684. The van der Waals surface area contributed by atoms with Gasteiger partial charge in [0.05, 0.1) is 28.3 Å². The van der Waals surface area contributed by atoms with E-state index in [-0.39, 0.29) is 23.2 Å². The van der Waals surface area contributed by atoms with Crippen LogP contribution in [0.5, 0.6) is 0 Å². The summed E-state index contributed by atoms with van der Waals surface area (Å²) in [7, 11) is 0. The zero-order valence-corrected chi connectivity index (χ0v) is 17.5. The minimum atomic E-state index is -0.388. The molecule has 0 bridgehead atoms. The summed E-state index contributed by atoms with van der Waals surface area (Å²) in [5.74, 6) is -0.226. The first kappa shape index (κ1) is 20.1. The summed E-state index contributed by atoms with van der Waals surface area (Å²) in [5, 5.41) is 15.6. The van der Waals surface area contributed by atoms with Gasteiger partial charge in [0.2, 0.25) is 0 Å². The third-order valence-corrected chi connectivity index (χ3v) is 6.53. The molecule has 2 heterocycles. The number of benzene rings is 1. The molecule has 1 atom stereocenters. The highest BCUT2D eigenvalue weighted by atomic mass is 32.2. The summed E-state index contributed by atoms with van der Waals surface area (Å²) in [5.41, 5.74) is 3.58. The Balaban J connectivity index is 1.90. The Hall–Kier alpha value is -2.62. The van der Waals surface area contributed by atoms with Gasteiger partial charge >= 0.3 is 0 Å². The topological polar surface area (TPSA) is 70.0 Å². The van der Waals surface area contributed by atoms with Crippen LogP contribution in [0.4, 0.5) is 0 Å². The summed E-state index contributed by atoms with van der Waals surface area (Å²) in [4.78, 5) is 25.8. The van der Waals surface area contributed by atoms with Gasteiger partial charge in [-0.05, 0) is 32.2 Å². The molecule has 28 heavy (non-hydrogen) atoms. The van der Waals surface area contributed by atoms with E-state index < -0.39 is 0 Å². The van der Waals surface area contributed by atoms with Crippen LogP contribution in [0.15, 0.2) is 63.7 Å². The molecule has 0 unspecified atom stereocenters. The van der Waals surface area contributed by atoms with Gasteiger partial charge in [-0.15, -0.1) is 11.3 Å². The van der Waals surface area contributed by atoms with Crippen molar-refractivity contribution in [2.24, 2.45) is 0 Å². The van der Waals surface area contributed by atoms with Crippen LogP contribution in [0.25, 0.3) is 0 Å². The Labute approximate surface area is 173 Å². The van der Waals surface area contributed by atoms with Gasteiger partial charge in [0.15, 0.2) is 11.6 Å². The second-order valence-corrected chi connectivity index (χ2v) is 8.57. The van der Waals surface area contributed by atoms with Gasteiger partial charge < -0.3 is 5.32 Å². The molecule has 4 nitrogen and oxygen atoms in total. The Morgan fingerprint density at radius 2 is 1.93 bits per heavy atom. The van der Waals surface area contributed by atoms with Crippen LogP contribution in [0.3, 0.4) is 0 Å². The average molecular weight is 409 g/mol. The molecule has 1 aromatic carbocycles. The van der Waals surface area contributed by atoms with Crippen LogP contribution in [0.1, 0.15) is 40.6 Å². The van der Waals surface area contributed by atoms with Gasteiger partial charge in [-0.1, -0.05) is 47.7 Å². The number of nitrogens with one attached hydrogen (secondary N) is 1. The van der Waals surface area contributed by atoms with Crippen LogP contribution in [-0.4, -0.2) is 17.3 Å². The van der Waals surface area contributed by atoms with Crippen LogP contribution in [0, 0.1) is 18.3 Å². The Morgan fingerprint density at radius 3 is 2.50 bits per heavy atom. The Bertz CT molecular complexity index is 1010. The van der Waals surface area contributed by atoms with Crippen molar-refractivity contribution >= 4 is 34.7 Å². The van der Waals surface area contributed by atoms with Crippen molar-refractivity contribution in [2.45, 2.75) is 26.7 Å². The van der Waals surface area contributed by atoms with E-state index in [0.717, 1.165) is 16.1 Å². The summed E-state index contributed by atoms with van der Waals surface area (Å²) in [6.07, 6.45) is 0. The predicted molar refractivity (Wildman–Crippen MR) is 114 cm³/mol. The van der Waals surface area contributed by atoms with Crippen molar-refractivity contribution in [1.82, 2.24) is 5.32 Å². The largest absolute Gasteiger partial charge is 0.353 e. The number of thioether (sulfide) groups is 1. The SMILES string of the molecule is CC(=O)C1=C(C)NC(SCC(=O)c2ccc(C)cc2)=C(C#N)[C@@H]1c1cccs1. The van der Waals surface area contributed by atoms with Gasteiger partial charge in [0.1, 0.15) is 0 Å². The number of carbonyl (C=O) groups is 2. The van der Waals surface area contributed by atoms with Crippen LogP contribution >= 0.6 is 23.1 Å². The molecule has 1 aliphatic rings. The highest BCUT2D eigenvalue weighted by molar-refractivity contribution is 8.03. The third-order valence-electron chi connectivity index (χ3n) is 4.58. The normalized spacial score (nSPS) is 16.6. The predicted octanol–water partition coefficient (Wildman–Crippen LogP) is 4.96. The molecule has 0 radical (unpaired) electrons. The lowest BCUT2D eigenvalue weighted by Crippen LogP contribution is -2.27. The molecule has 0 fully saturated rings. The number of ketones is 2. The Kier molecular flexibility index (Phi) is 6.18. The lowest BCUT2D eigenvalue weighted by Gasteiger charge is -2.28. The van der Waals surface area contributed by atoms with Gasteiger partial charge in [0.25, 0.3) is 0 Å². The van der Waals surface area contributed by atoms with E-state index in [4.69, 9.17) is 0 Å². The zero-order valence-electron chi connectivity index (χ0n) is 15.9. The number of rotatable bonds is 6. The molecule has 3 rings (SSSR count). The molecule has 1 aliphatic heterocycles. The van der Waals surface area contributed by atoms with Gasteiger partial charge in [-0.2, -0.15) is 5.26 Å². The molecule has 0 amide bonds. The number of aryl methyl sites for hydroxylation is 1. The fraction of sp³-hybridized carbons (Fsp3) is 0.227. The first-order valence-electron chi connectivity index (χ1n) is 8.81. The molecule has 6 heteroatoms. The second kappa shape index (κ2) is 8.59.